The van der Waals surface area contributed by atoms with Crippen molar-refractivity contribution in [1.29, 1.82) is 0 Å². The minimum absolute atomic E-state index is 0.293. The van der Waals surface area contributed by atoms with Gasteiger partial charge in [0.25, 0.3) is 0 Å². The highest BCUT2D eigenvalue weighted by atomic mass is 16.5. The Kier molecular flexibility index (Phi) is 6.33. The van der Waals surface area contributed by atoms with E-state index in [2.05, 4.69) is 48.3 Å². The molecular formula is C17H29N3O. The number of nitrogens with one attached hydrogen (secondary N) is 1. The lowest BCUT2D eigenvalue weighted by atomic mass is 10.2. The van der Waals surface area contributed by atoms with Crippen molar-refractivity contribution in [1.82, 2.24) is 0 Å². The third kappa shape index (κ3) is 5.21. The number of nitrogens with zero attached hydrogens (tertiary/aromatic N) is 1. The van der Waals surface area contributed by atoms with E-state index in [0.29, 0.717) is 12.2 Å². The number of anilines is 2. The molecular weight excluding hydrogens is 262 g/mol. The zero-order valence-corrected chi connectivity index (χ0v) is 13.3. The summed E-state index contributed by atoms with van der Waals surface area (Å²) in [5.41, 5.74) is 7.99. The largest absolute Gasteiger partial charge is 0.385 e. The number of ether oxygens (including phenoxy) is 1. The van der Waals surface area contributed by atoms with Gasteiger partial charge in [0.1, 0.15) is 0 Å². The van der Waals surface area contributed by atoms with Crippen LogP contribution >= 0.6 is 0 Å². The van der Waals surface area contributed by atoms with E-state index in [1.807, 2.05) is 0 Å². The second kappa shape index (κ2) is 8.25. The van der Waals surface area contributed by atoms with Gasteiger partial charge in [-0.05, 0) is 51.4 Å². The smallest absolute Gasteiger partial charge is 0.0726 e. The molecule has 21 heavy (non-hydrogen) atoms. The predicted octanol–water partition coefficient (Wildman–Crippen LogP) is 2.84. The van der Waals surface area contributed by atoms with Gasteiger partial charge in [-0.1, -0.05) is 12.5 Å². The van der Waals surface area contributed by atoms with Crippen molar-refractivity contribution in [2.45, 2.75) is 45.3 Å². The van der Waals surface area contributed by atoms with E-state index in [-0.39, 0.29) is 0 Å². The second-order valence-corrected chi connectivity index (χ2v) is 5.99. The van der Waals surface area contributed by atoms with Crippen LogP contribution in [-0.4, -0.2) is 38.4 Å². The molecule has 0 unspecified atom stereocenters. The predicted molar refractivity (Wildman–Crippen MR) is 90.1 cm³/mol. The maximum absolute atomic E-state index is 5.80. The van der Waals surface area contributed by atoms with Gasteiger partial charge >= 0.3 is 0 Å². The van der Waals surface area contributed by atoms with Crippen molar-refractivity contribution in [3.05, 3.63) is 24.3 Å². The summed E-state index contributed by atoms with van der Waals surface area (Å²) in [5, 5.41) is 3.51. The van der Waals surface area contributed by atoms with Gasteiger partial charge in [-0.25, -0.2) is 0 Å². The van der Waals surface area contributed by atoms with Crippen molar-refractivity contribution in [2.24, 2.45) is 5.73 Å². The van der Waals surface area contributed by atoms with E-state index in [1.54, 1.807) is 0 Å². The van der Waals surface area contributed by atoms with Crippen molar-refractivity contribution in [3.63, 3.8) is 0 Å². The van der Waals surface area contributed by atoms with Crippen LogP contribution in [0.2, 0.25) is 0 Å². The highest BCUT2D eigenvalue weighted by molar-refractivity contribution is 5.58. The normalized spacial score (nSPS) is 22.3. The van der Waals surface area contributed by atoms with Crippen LogP contribution in [0.3, 0.4) is 0 Å². The lowest BCUT2D eigenvalue weighted by molar-refractivity contribution is -0.00521. The third-order valence-electron chi connectivity index (χ3n) is 3.84. The summed E-state index contributed by atoms with van der Waals surface area (Å²) in [5.74, 6) is 0. The van der Waals surface area contributed by atoms with Crippen molar-refractivity contribution in [2.75, 3.05) is 36.4 Å². The Bertz CT molecular complexity index is 414. The number of benzene rings is 1. The Balaban J connectivity index is 1.88. The maximum Gasteiger partial charge on any atom is 0.0726 e. The summed E-state index contributed by atoms with van der Waals surface area (Å²) in [6.07, 6.45) is 4.07. The molecule has 0 aliphatic carbocycles. The number of morpholine rings is 1. The first-order valence-corrected chi connectivity index (χ1v) is 8.13. The van der Waals surface area contributed by atoms with Crippen LogP contribution < -0.4 is 16.0 Å². The maximum atomic E-state index is 5.80. The molecule has 0 bridgehead atoms. The molecule has 0 spiro atoms. The van der Waals surface area contributed by atoms with Crippen LogP contribution in [0.25, 0.3) is 0 Å². The van der Waals surface area contributed by atoms with Crippen LogP contribution in [0.1, 0.15) is 33.1 Å². The van der Waals surface area contributed by atoms with E-state index in [1.165, 1.54) is 24.2 Å². The van der Waals surface area contributed by atoms with Gasteiger partial charge in [0.15, 0.2) is 0 Å². The zero-order valence-electron chi connectivity index (χ0n) is 13.3. The average molecular weight is 291 g/mol. The fourth-order valence-corrected chi connectivity index (χ4v) is 2.88. The Hall–Kier alpha value is -1.26. The molecule has 0 radical (unpaired) electrons. The van der Waals surface area contributed by atoms with Crippen LogP contribution in [-0.2, 0) is 4.74 Å². The van der Waals surface area contributed by atoms with Crippen molar-refractivity contribution < 1.29 is 4.74 Å². The first-order chi connectivity index (χ1) is 10.2. The quantitative estimate of drug-likeness (QED) is 0.759. The number of hydrogen-bond donors (Lipinski definition) is 2. The summed E-state index contributed by atoms with van der Waals surface area (Å²) in [7, 11) is 0. The minimum Gasteiger partial charge on any atom is -0.385 e. The Labute approximate surface area is 128 Å². The summed E-state index contributed by atoms with van der Waals surface area (Å²) in [6, 6.07) is 8.69. The first-order valence-electron chi connectivity index (χ1n) is 8.13. The van der Waals surface area contributed by atoms with E-state index in [9.17, 15) is 0 Å². The van der Waals surface area contributed by atoms with E-state index < -0.39 is 0 Å². The summed E-state index contributed by atoms with van der Waals surface area (Å²) >= 11 is 0. The fraction of sp³-hybridized carbons (Fsp3) is 0.647. The Morgan fingerprint density at radius 2 is 1.95 bits per heavy atom. The molecule has 4 heteroatoms. The summed E-state index contributed by atoms with van der Waals surface area (Å²) < 4.78 is 5.80. The average Bonchev–Trinajstić information content (AvgIpc) is 2.46. The molecule has 1 aliphatic heterocycles. The lowest BCUT2D eigenvalue weighted by Crippen LogP contribution is -2.45. The van der Waals surface area contributed by atoms with Crippen LogP contribution in [0, 0.1) is 0 Å². The minimum atomic E-state index is 0.293. The number of hydrogen-bond acceptors (Lipinski definition) is 4. The molecule has 0 amide bonds. The van der Waals surface area contributed by atoms with E-state index in [0.717, 1.165) is 32.6 Å². The van der Waals surface area contributed by atoms with Gasteiger partial charge in [0.05, 0.1) is 12.2 Å². The molecule has 2 rings (SSSR count). The molecule has 2 atom stereocenters. The topological polar surface area (TPSA) is 50.5 Å². The second-order valence-electron chi connectivity index (χ2n) is 5.99. The monoisotopic (exact) mass is 291 g/mol. The van der Waals surface area contributed by atoms with Gasteiger partial charge in [-0.3, -0.25) is 0 Å². The standard InChI is InChI=1S/C17H29N3O/c1-14-12-20(13-15(2)21-14)17-8-6-7-16(11-17)19-10-5-3-4-9-18/h6-8,11,14-15,19H,3-5,9-10,12-13,18H2,1-2H3/t14-,15+. The van der Waals surface area contributed by atoms with Crippen LogP contribution in [0.15, 0.2) is 24.3 Å². The molecule has 0 aromatic heterocycles. The van der Waals surface area contributed by atoms with Gasteiger partial charge in [-0.15, -0.1) is 0 Å². The molecule has 1 aromatic carbocycles. The van der Waals surface area contributed by atoms with Crippen LogP contribution in [0.4, 0.5) is 11.4 Å². The Morgan fingerprint density at radius 3 is 2.67 bits per heavy atom. The van der Waals surface area contributed by atoms with Gasteiger partial charge in [0, 0.05) is 31.0 Å². The highest BCUT2D eigenvalue weighted by Gasteiger charge is 2.22. The molecule has 118 valence electrons. The molecule has 1 heterocycles. The molecule has 3 N–H and O–H groups in total. The molecule has 1 aliphatic rings. The molecule has 1 aromatic rings. The molecule has 0 saturated carbocycles. The van der Waals surface area contributed by atoms with E-state index >= 15 is 0 Å². The molecule has 1 fully saturated rings. The van der Waals surface area contributed by atoms with Gasteiger partial charge in [-0.2, -0.15) is 0 Å². The number of nitrogens with two attached hydrogens (primary N) is 1. The zero-order chi connectivity index (χ0) is 15.1. The number of unbranched alkanes of at least 4 members (excludes halogenated alkanes) is 2. The fourth-order valence-electron chi connectivity index (χ4n) is 2.88. The van der Waals surface area contributed by atoms with Gasteiger partial charge < -0.3 is 20.7 Å². The highest BCUT2D eigenvalue weighted by Crippen LogP contribution is 2.23. The van der Waals surface area contributed by atoms with Crippen LogP contribution in [0.5, 0.6) is 0 Å². The lowest BCUT2D eigenvalue weighted by Gasteiger charge is -2.37. The van der Waals surface area contributed by atoms with Crippen molar-refractivity contribution >= 4 is 11.4 Å². The molecule has 1 saturated heterocycles. The molecule has 4 nitrogen and oxygen atoms in total. The van der Waals surface area contributed by atoms with Gasteiger partial charge in [0.2, 0.25) is 0 Å². The van der Waals surface area contributed by atoms with E-state index in [4.69, 9.17) is 10.5 Å². The SMILES string of the molecule is C[C@@H]1CN(c2cccc(NCCCCCN)c2)C[C@H](C)O1. The first kappa shape index (κ1) is 16.1. The number of rotatable bonds is 7. The summed E-state index contributed by atoms with van der Waals surface area (Å²) in [4.78, 5) is 2.42. The van der Waals surface area contributed by atoms with Crippen molar-refractivity contribution in [3.8, 4) is 0 Å². The summed E-state index contributed by atoms with van der Waals surface area (Å²) in [6.45, 7) is 8.02. The Morgan fingerprint density at radius 1 is 1.19 bits per heavy atom. The third-order valence-corrected chi connectivity index (χ3v) is 3.84.